The molecule has 0 fully saturated rings. The van der Waals surface area contributed by atoms with Gasteiger partial charge in [-0.15, -0.1) is 0 Å². The quantitative estimate of drug-likeness (QED) is 0.879. The lowest BCUT2D eigenvalue weighted by atomic mass is 10.2. The first-order valence-electron chi connectivity index (χ1n) is 6.18. The summed E-state index contributed by atoms with van der Waals surface area (Å²) in [5.41, 5.74) is 0.971. The van der Waals surface area contributed by atoms with Gasteiger partial charge in [0.1, 0.15) is 0 Å². The van der Waals surface area contributed by atoms with E-state index in [0.717, 1.165) is 12.0 Å². The van der Waals surface area contributed by atoms with E-state index in [-0.39, 0.29) is 5.03 Å². The van der Waals surface area contributed by atoms with Crippen LogP contribution in [-0.2, 0) is 16.6 Å². The van der Waals surface area contributed by atoms with E-state index < -0.39 is 10.0 Å². The first kappa shape index (κ1) is 13.8. The molecule has 0 aliphatic rings. The van der Waals surface area contributed by atoms with Crippen LogP contribution in [0.25, 0.3) is 0 Å². The molecule has 1 aromatic carbocycles. The lowest BCUT2D eigenvalue weighted by Gasteiger charge is -2.20. The molecule has 0 atom stereocenters. The van der Waals surface area contributed by atoms with Crippen LogP contribution < -0.4 is 0 Å². The van der Waals surface area contributed by atoms with Gasteiger partial charge < -0.3 is 0 Å². The summed E-state index contributed by atoms with van der Waals surface area (Å²) in [6.07, 6.45) is 2.21. The zero-order valence-electron chi connectivity index (χ0n) is 10.8. The Labute approximate surface area is 113 Å². The maximum Gasteiger partial charge on any atom is 0.260 e. The van der Waals surface area contributed by atoms with E-state index in [1.54, 1.807) is 0 Å². The van der Waals surface area contributed by atoms with Gasteiger partial charge in [-0.25, -0.2) is 8.42 Å². The Morgan fingerprint density at radius 2 is 1.95 bits per heavy atom. The van der Waals surface area contributed by atoms with Crippen molar-refractivity contribution in [3.63, 3.8) is 0 Å². The largest absolute Gasteiger partial charge is 0.266 e. The molecule has 0 amide bonds. The monoisotopic (exact) mass is 279 g/mol. The number of aromatic nitrogens is 2. The SMILES string of the molecule is CCCN(Cc1ccccc1)S(=O)(=O)c1ccn[nH]1. The zero-order chi connectivity index (χ0) is 13.7. The molecule has 1 aromatic heterocycles. The van der Waals surface area contributed by atoms with E-state index in [9.17, 15) is 8.42 Å². The number of rotatable bonds is 6. The molecular formula is C13H17N3O2S. The highest BCUT2D eigenvalue weighted by molar-refractivity contribution is 7.89. The van der Waals surface area contributed by atoms with E-state index in [1.165, 1.54) is 16.6 Å². The first-order valence-corrected chi connectivity index (χ1v) is 7.62. The van der Waals surface area contributed by atoms with Crippen molar-refractivity contribution in [2.24, 2.45) is 0 Å². The van der Waals surface area contributed by atoms with Gasteiger partial charge in [0.25, 0.3) is 10.0 Å². The van der Waals surface area contributed by atoms with Crippen LogP contribution in [0.5, 0.6) is 0 Å². The summed E-state index contributed by atoms with van der Waals surface area (Å²) in [5.74, 6) is 0. The summed E-state index contributed by atoms with van der Waals surface area (Å²) in [6, 6.07) is 11.0. The topological polar surface area (TPSA) is 66.1 Å². The number of hydrogen-bond donors (Lipinski definition) is 1. The molecule has 2 rings (SSSR count). The smallest absolute Gasteiger partial charge is 0.260 e. The molecule has 0 spiro atoms. The lowest BCUT2D eigenvalue weighted by Crippen LogP contribution is -2.31. The second-order valence-corrected chi connectivity index (χ2v) is 6.15. The summed E-state index contributed by atoms with van der Waals surface area (Å²) in [5, 5.41) is 6.37. The standard InChI is InChI=1S/C13H17N3O2S/c1-2-10-16(11-12-6-4-3-5-7-12)19(17,18)13-8-9-14-15-13/h3-9H,2,10-11H2,1H3,(H,14,15). The summed E-state index contributed by atoms with van der Waals surface area (Å²) in [6.45, 7) is 2.81. The third-order valence-electron chi connectivity index (χ3n) is 2.77. The normalized spacial score (nSPS) is 11.9. The molecule has 6 heteroatoms. The molecule has 19 heavy (non-hydrogen) atoms. The zero-order valence-corrected chi connectivity index (χ0v) is 11.6. The van der Waals surface area contributed by atoms with Crippen molar-refractivity contribution in [1.29, 1.82) is 0 Å². The van der Waals surface area contributed by atoms with Crippen molar-refractivity contribution < 1.29 is 8.42 Å². The van der Waals surface area contributed by atoms with E-state index >= 15 is 0 Å². The van der Waals surface area contributed by atoms with Crippen molar-refractivity contribution in [3.8, 4) is 0 Å². The molecule has 1 N–H and O–H groups in total. The molecule has 1 heterocycles. The number of H-pyrrole nitrogens is 1. The molecule has 0 bridgehead atoms. The minimum Gasteiger partial charge on any atom is -0.266 e. The Morgan fingerprint density at radius 1 is 1.21 bits per heavy atom. The van der Waals surface area contributed by atoms with Crippen molar-refractivity contribution in [3.05, 3.63) is 48.2 Å². The van der Waals surface area contributed by atoms with E-state index in [0.29, 0.717) is 13.1 Å². The van der Waals surface area contributed by atoms with Crippen molar-refractivity contribution in [2.75, 3.05) is 6.54 Å². The molecule has 0 saturated carbocycles. The molecule has 5 nitrogen and oxygen atoms in total. The molecule has 0 aliphatic heterocycles. The predicted octanol–water partition coefficient (Wildman–Crippen LogP) is 2.01. The highest BCUT2D eigenvalue weighted by atomic mass is 32.2. The molecule has 2 aromatic rings. The van der Waals surface area contributed by atoms with Gasteiger partial charge in [-0.3, -0.25) is 5.10 Å². The average Bonchev–Trinajstić information content (AvgIpc) is 2.94. The number of nitrogens with one attached hydrogen (secondary N) is 1. The Bertz CT molecular complexity index is 594. The van der Waals surface area contributed by atoms with Crippen molar-refractivity contribution in [2.45, 2.75) is 24.9 Å². The van der Waals surface area contributed by atoms with Crippen molar-refractivity contribution in [1.82, 2.24) is 14.5 Å². The summed E-state index contributed by atoms with van der Waals surface area (Å²) >= 11 is 0. The number of aromatic amines is 1. The Morgan fingerprint density at radius 3 is 2.53 bits per heavy atom. The Hall–Kier alpha value is -1.66. The molecule has 0 radical (unpaired) electrons. The molecular weight excluding hydrogens is 262 g/mol. The number of sulfonamides is 1. The van der Waals surface area contributed by atoms with Crippen LogP contribution in [0.1, 0.15) is 18.9 Å². The summed E-state index contributed by atoms with van der Waals surface area (Å²) in [4.78, 5) is 0. The highest BCUT2D eigenvalue weighted by Crippen LogP contribution is 2.16. The fourth-order valence-corrected chi connectivity index (χ4v) is 3.27. The fraction of sp³-hybridized carbons (Fsp3) is 0.308. The average molecular weight is 279 g/mol. The summed E-state index contributed by atoms with van der Waals surface area (Å²) < 4.78 is 26.4. The van der Waals surface area contributed by atoms with E-state index in [2.05, 4.69) is 10.2 Å². The number of benzene rings is 1. The van der Waals surface area contributed by atoms with E-state index in [1.807, 2.05) is 37.3 Å². The van der Waals surface area contributed by atoms with Crippen LogP contribution in [0, 0.1) is 0 Å². The van der Waals surface area contributed by atoms with Gasteiger partial charge in [0.15, 0.2) is 5.03 Å². The Balaban J connectivity index is 2.26. The Kier molecular flexibility index (Phi) is 4.34. The van der Waals surface area contributed by atoms with Crippen LogP contribution >= 0.6 is 0 Å². The molecule has 102 valence electrons. The maximum absolute atomic E-state index is 12.4. The number of hydrogen-bond acceptors (Lipinski definition) is 3. The predicted molar refractivity (Wildman–Crippen MR) is 72.9 cm³/mol. The highest BCUT2D eigenvalue weighted by Gasteiger charge is 2.24. The van der Waals surface area contributed by atoms with Crippen LogP contribution in [0.15, 0.2) is 47.6 Å². The second-order valence-electron chi connectivity index (χ2n) is 4.25. The molecule has 0 unspecified atom stereocenters. The lowest BCUT2D eigenvalue weighted by molar-refractivity contribution is 0.403. The van der Waals surface area contributed by atoms with Gasteiger partial charge in [0.05, 0.1) is 6.20 Å². The van der Waals surface area contributed by atoms with Crippen LogP contribution in [0.3, 0.4) is 0 Å². The minimum absolute atomic E-state index is 0.136. The molecule has 0 aliphatic carbocycles. The van der Waals surface area contributed by atoms with Crippen LogP contribution in [-0.4, -0.2) is 29.5 Å². The van der Waals surface area contributed by atoms with E-state index in [4.69, 9.17) is 0 Å². The third kappa shape index (κ3) is 3.21. The van der Waals surface area contributed by atoms with Gasteiger partial charge in [-0.05, 0) is 18.1 Å². The fourth-order valence-electron chi connectivity index (χ4n) is 1.85. The maximum atomic E-state index is 12.4. The van der Waals surface area contributed by atoms with Gasteiger partial charge >= 0.3 is 0 Å². The summed E-state index contributed by atoms with van der Waals surface area (Å²) in [7, 11) is -3.50. The van der Waals surface area contributed by atoms with Gasteiger partial charge in [0.2, 0.25) is 0 Å². The van der Waals surface area contributed by atoms with Gasteiger partial charge in [0, 0.05) is 13.1 Å². The van der Waals surface area contributed by atoms with Gasteiger partial charge in [-0.1, -0.05) is 37.3 Å². The van der Waals surface area contributed by atoms with Crippen molar-refractivity contribution >= 4 is 10.0 Å². The minimum atomic E-state index is -3.50. The number of nitrogens with zero attached hydrogens (tertiary/aromatic N) is 2. The first-order chi connectivity index (χ1) is 9.14. The second kappa shape index (κ2) is 5.99. The third-order valence-corrected chi connectivity index (χ3v) is 4.54. The van der Waals surface area contributed by atoms with Crippen LogP contribution in [0.4, 0.5) is 0 Å². The van der Waals surface area contributed by atoms with Gasteiger partial charge in [-0.2, -0.15) is 9.40 Å². The molecule has 0 saturated heterocycles. The van der Waals surface area contributed by atoms with Crippen LogP contribution in [0.2, 0.25) is 0 Å².